The van der Waals surface area contributed by atoms with Crippen molar-refractivity contribution in [2.24, 2.45) is 0 Å². The van der Waals surface area contributed by atoms with Crippen LogP contribution in [-0.4, -0.2) is 21.0 Å². The van der Waals surface area contributed by atoms with Gasteiger partial charge in [-0.05, 0) is 12.1 Å². The lowest BCUT2D eigenvalue weighted by Crippen LogP contribution is -2.07. The first-order valence-corrected chi connectivity index (χ1v) is 4.19. The van der Waals surface area contributed by atoms with E-state index >= 15 is 0 Å². The number of ether oxygens (including phenoxy) is 1. The molecule has 0 atom stereocenters. The molecule has 1 aromatic heterocycles. The molecular formula is C9H9N3O2. The molecule has 0 amide bonds. The predicted octanol–water partition coefficient (Wildman–Crippen LogP) is 0.952. The maximum atomic E-state index is 10.6. The molecule has 0 saturated heterocycles. The van der Waals surface area contributed by atoms with Gasteiger partial charge in [0.15, 0.2) is 6.73 Å². The van der Waals surface area contributed by atoms with Crippen LogP contribution >= 0.6 is 0 Å². The zero-order valence-electron chi connectivity index (χ0n) is 7.67. The van der Waals surface area contributed by atoms with Crippen LogP contribution in [0.3, 0.4) is 0 Å². The third-order valence-corrected chi connectivity index (χ3v) is 1.81. The summed E-state index contributed by atoms with van der Waals surface area (Å²) in [6.45, 7) is 1.47. The summed E-state index contributed by atoms with van der Waals surface area (Å²) in [7, 11) is 0. The zero-order chi connectivity index (χ0) is 9.97. The second-order valence-electron chi connectivity index (χ2n) is 2.84. The van der Waals surface area contributed by atoms with Crippen molar-refractivity contribution >= 4 is 17.0 Å². The molecule has 0 unspecified atom stereocenters. The number of carbonyl (C=O) groups excluding carboxylic acids is 1. The molecule has 5 nitrogen and oxygen atoms in total. The van der Waals surface area contributed by atoms with Gasteiger partial charge in [0, 0.05) is 6.92 Å². The third kappa shape index (κ3) is 1.56. The number of rotatable bonds is 2. The number of hydrogen-bond donors (Lipinski definition) is 0. The Balaban J connectivity index is 2.29. The molecule has 0 spiro atoms. The van der Waals surface area contributed by atoms with Crippen LogP contribution in [0, 0.1) is 0 Å². The fourth-order valence-electron chi connectivity index (χ4n) is 1.16. The van der Waals surface area contributed by atoms with Crippen molar-refractivity contribution in [1.82, 2.24) is 15.0 Å². The van der Waals surface area contributed by atoms with Crippen LogP contribution in [0.1, 0.15) is 6.92 Å². The van der Waals surface area contributed by atoms with Crippen LogP contribution in [0.4, 0.5) is 0 Å². The van der Waals surface area contributed by atoms with Gasteiger partial charge in [0.25, 0.3) is 0 Å². The maximum Gasteiger partial charge on any atom is 0.304 e. The van der Waals surface area contributed by atoms with E-state index in [9.17, 15) is 4.79 Å². The summed E-state index contributed by atoms with van der Waals surface area (Å²) in [5.74, 6) is -0.329. The van der Waals surface area contributed by atoms with E-state index in [1.807, 2.05) is 24.3 Å². The van der Waals surface area contributed by atoms with E-state index in [-0.39, 0.29) is 12.7 Å². The van der Waals surface area contributed by atoms with E-state index in [4.69, 9.17) is 4.74 Å². The standard InChI is InChI=1S/C9H9N3O2/c1-7(13)14-6-12-9-5-3-2-4-8(9)10-11-12/h2-5H,6H2,1H3. The Kier molecular flexibility index (Phi) is 2.14. The first-order chi connectivity index (χ1) is 6.77. The first-order valence-electron chi connectivity index (χ1n) is 4.19. The van der Waals surface area contributed by atoms with E-state index in [1.165, 1.54) is 11.6 Å². The van der Waals surface area contributed by atoms with Gasteiger partial charge in [-0.1, -0.05) is 17.3 Å². The summed E-state index contributed by atoms with van der Waals surface area (Å²) >= 11 is 0. The molecular weight excluding hydrogens is 182 g/mol. The SMILES string of the molecule is CC(=O)OCn1nnc2ccccc21. The molecule has 0 radical (unpaired) electrons. The summed E-state index contributed by atoms with van der Waals surface area (Å²) < 4.78 is 6.35. The van der Waals surface area contributed by atoms with Gasteiger partial charge < -0.3 is 4.74 Å². The number of fused-ring (bicyclic) bond motifs is 1. The number of aromatic nitrogens is 3. The van der Waals surface area contributed by atoms with E-state index in [2.05, 4.69) is 10.3 Å². The first kappa shape index (κ1) is 8.68. The van der Waals surface area contributed by atoms with Crippen molar-refractivity contribution in [3.63, 3.8) is 0 Å². The second kappa shape index (κ2) is 3.45. The van der Waals surface area contributed by atoms with Gasteiger partial charge in [-0.3, -0.25) is 4.79 Å². The Morgan fingerprint density at radius 2 is 2.29 bits per heavy atom. The summed E-state index contributed by atoms with van der Waals surface area (Å²) in [5, 5.41) is 7.77. The van der Waals surface area contributed by atoms with Crippen LogP contribution in [0.25, 0.3) is 11.0 Å². The Bertz CT molecular complexity index is 464. The van der Waals surface area contributed by atoms with Crippen molar-refractivity contribution in [1.29, 1.82) is 0 Å². The molecule has 72 valence electrons. The number of nitrogens with zero attached hydrogens (tertiary/aromatic N) is 3. The van der Waals surface area contributed by atoms with E-state index in [0.717, 1.165) is 11.0 Å². The number of para-hydroxylation sites is 1. The van der Waals surface area contributed by atoms with Gasteiger partial charge >= 0.3 is 5.97 Å². The number of benzene rings is 1. The normalized spacial score (nSPS) is 10.4. The van der Waals surface area contributed by atoms with Gasteiger partial charge in [0.1, 0.15) is 5.52 Å². The van der Waals surface area contributed by atoms with Crippen molar-refractivity contribution in [3.8, 4) is 0 Å². The van der Waals surface area contributed by atoms with Crippen molar-refractivity contribution in [2.45, 2.75) is 13.7 Å². The van der Waals surface area contributed by atoms with Gasteiger partial charge in [-0.25, -0.2) is 4.68 Å². The monoisotopic (exact) mass is 191 g/mol. The number of hydrogen-bond acceptors (Lipinski definition) is 4. The zero-order valence-corrected chi connectivity index (χ0v) is 7.67. The van der Waals surface area contributed by atoms with E-state index in [1.54, 1.807) is 0 Å². The minimum atomic E-state index is -0.329. The lowest BCUT2D eigenvalue weighted by molar-refractivity contribution is -0.145. The highest BCUT2D eigenvalue weighted by molar-refractivity contribution is 5.73. The molecule has 0 aliphatic heterocycles. The topological polar surface area (TPSA) is 57.0 Å². The molecule has 0 aliphatic carbocycles. The van der Waals surface area contributed by atoms with Crippen LogP contribution in [0.2, 0.25) is 0 Å². The largest absolute Gasteiger partial charge is 0.442 e. The average molecular weight is 191 g/mol. The highest BCUT2D eigenvalue weighted by Crippen LogP contribution is 2.09. The molecule has 0 N–H and O–H groups in total. The van der Waals surface area contributed by atoms with E-state index in [0.29, 0.717) is 0 Å². The molecule has 0 aliphatic rings. The Hall–Kier alpha value is -1.91. The highest BCUT2D eigenvalue weighted by atomic mass is 16.5. The van der Waals surface area contributed by atoms with Gasteiger partial charge in [0.2, 0.25) is 0 Å². The molecule has 2 aromatic rings. The number of carbonyl (C=O) groups is 1. The molecule has 0 fully saturated rings. The minimum Gasteiger partial charge on any atom is -0.442 e. The second-order valence-corrected chi connectivity index (χ2v) is 2.84. The van der Waals surface area contributed by atoms with Crippen LogP contribution in [0.5, 0.6) is 0 Å². The summed E-state index contributed by atoms with van der Waals surface area (Å²) in [6, 6.07) is 7.49. The van der Waals surface area contributed by atoms with Crippen LogP contribution < -0.4 is 0 Å². The molecule has 2 rings (SSSR count). The van der Waals surface area contributed by atoms with Crippen LogP contribution in [0.15, 0.2) is 24.3 Å². The van der Waals surface area contributed by atoms with Gasteiger partial charge in [-0.15, -0.1) is 5.10 Å². The fraction of sp³-hybridized carbons (Fsp3) is 0.222. The minimum absolute atomic E-state index is 0.107. The maximum absolute atomic E-state index is 10.6. The van der Waals surface area contributed by atoms with Crippen molar-refractivity contribution in [3.05, 3.63) is 24.3 Å². The molecule has 0 bridgehead atoms. The molecule has 0 saturated carbocycles. The summed E-state index contributed by atoms with van der Waals surface area (Å²) in [5.41, 5.74) is 1.65. The van der Waals surface area contributed by atoms with Crippen molar-refractivity contribution in [2.75, 3.05) is 0 Å². The predicted molar refractivity (Wildman–Crippen MR) is 49.3 cm³/mol. The molecule has 5 heteroatoms. The summed E-state index contributed by atoms with van der Waals surface area (Å²) in [6.07, 6.45) is 0. The summed E-state index contributed by atoms with van der Waals surface area (Å²) in [4.78, 5) is 10.6. The third-order valence-electron chi connectivity index (χ3n) is 1.81. The molecule has 14 heavy (non-hydrogen) atoms. The van der Waals surface area contributed by atoms with Gasteiger partial charge in [0.05, 0.1) is 5.52 Å². The average Bonchev–Trinajstić information content (AvgIpc) is 2.58. The quantitative estimate of drug-likeness (QED) is 0.663. The Labute approximate surface area is 80.3 Å². The highest BCUT2D eigenvalue weighted by Gasteiger charge is 2.03. The number of esters is 1. The fourth-order valence-corrected chi connectivity index (χ4v) is 1.16. The van der Waals surface area contributed by atoms with Gasteiger partial charge in [-0.2, -0.15) is 0 Å². The van der Waals surface area contributed by atoms with Crippen molar-refractivity contribution < 1.29 is 9.53 Å². The lowest BCUT2D eigenvalue weighted by atomic mass is 10.3. The lowest BCUT2D eigenvalue weighted by Gasteiger charge is -2.01. The van der Waals surface area contributed by atoms with E-state index < -0.39 is 0 Å². The van der Waals surface area contributed by atoms with Crippen LogP contribution in [-0.2, 0) is 16.3 Å². The molecule has 1 aromatic carbocycles. The Morgan fingerprint density at radius 1 is 1.50 bits per heavy atom. The molecule has 1 heterocycles. The smallest absolute Gasteiger partial charge is 0.304 e. The Morgan fingerprint density at radius 3 is 3.07 bits per heavy atom.